The number of hydrogen-bond acceptors (Lipinski definition) is 8. The number of carbonyl (C=O) groups is 1. The molecule has 0 fully saturated rings. The summed E-state index contributed by atoms with van der Waals surface area (Å²) in [6, 6.07) is 14.6. The van der Waals surface area contributed by atoms with Crippen molar-refractivity contribution < 1.29 is 9.53 Å². The highest BCUT2D eigenvalue weighted by Gasteiger charge is 2.12. The van der Waals surface area contributed by atoms with E-state index in [1.165, 1.54) is 18.4 Å². The van der Waals surface area contributed by atoms with E-state index in [0.717, 1.165) is 10.2 Å². The Hall–Kier alpha value is -3.00. The van der Waals surface area contributed by atoms with E-state index in [4.69, 9.17) is 0 Å². The summed E-state index contributed by atoms with van der Waals surface area (Å²) in [5, 5.41) is 17.6. The van der Waals surface area contributed by atoms with E-state index >= 15 is 0 Å². The van der Waals surface area contributed by atoms with Crippen molar-refractivity contribution >= 4 is 38.3 Å². The van der Waals surface area contributed by atoms with E-state index in [9.17, 15) is 4.79 Å². The van der Waals surface area contributed by atoms with E-state index in [2.05, 4.69) is 30.2 Å². The zero-order valence-corrected chi connectivity index (χ0v) is 16.1. The molecule has 1 aromatic heterocycles. The summed E-state index contributed by atoms with van der Waals surface area (Å²) in [6.07, 6.45) is -0.419. The molecular weight excluding hydrogens is 362 g/mol. The lowest BCUT2D eigenvalue weighted by atomic mass is 10.2. The van der Waals surface area contributed by atoms with Crippen LogP contribution >= 0.6 is 11.3 Å². The number of ether oxygens (including phenoxy) is 1. The van der Waals surface area contributed by atoms with Gasteiger partial charge in [-0.25, -0.2) is 9.78 Å². The first-order valence-electron chi connectivity index (χ1n) is 8.42. The quantitative estimate of drug-likeness (QED) is 0.391. The number of fused-ring (bicyclic) bond motifs is 1. The maximum Gasteiger partial charge on any atom is 0.337 e. The van der Waals surface area contributed by atoms with Gasteiger partial charge in [0.1, 0.15) is 0 Å². The fourth-order valence-electron chi connectivity index (χ4n) is 2.21. The van der Waals surface area contributed by atoms with Crippen LogP contribution in [-0.2, 0) is 4.74 Å². The van der Waals surface area contributed by atoms with Gasteiger partial charge in [0, 0.05) is 0 Å². The lowest BCUT2D eigenvalue weighted by Gasteiger charge is -2.07. The normalized spacial score (nSPS) is 13.0. The first-order valence-corrected chi connectivity index (χ1v) is 9.24. The zero-order valence-electron chi connectivity index (χ0n) is 15.2. The van der Waals surface area contributed by atoms with E-state index in [0.29, 0.717) is 16.4 Å². The maximum absolute atomic E-state index is 11.5. The van der Waals surface area contributed by atoms with Crippen molar-refractivity contribution in [1.82, 2.24) is 4.98 Å². The molecule has 8 heteroatoms. The Bertz CT molecular complexity index is 946. The smallest absolute Gasteiger partial charge is 0.337 e. The maximum atomic E-state index is 11.5. The third kappa shape index (κ3) is 4.79. The summed E-state index contributed by atoms with van der Waals surface area (Å²) >= 11 is 1.48. The number of carbonyl (C=O) groups excluding carboxylic acids is 1. The summed E-state index contributed by atoms with van der Waals surface area (Å²) in [5.74, 6) is -0.260. The molecule has 0 spiro atoms. The molecule has 138 valence electrons. The van der Waals surface area contributed by atoms with Crippen LogP contribution in [0, 0.1) is 5.92 Å². The molecule has 0 amide bonds. The van der Waals surface area contributed by atoms with Crippen molar-refractivity contribution in [3.05, 3.63) is 54.1 Å². The Labute approximate surface area is 160 Å². The Morgan fingerprint density at radius 3 is 2.41 bits per heavy atom. The molecular formula is C19H19N5O2S. The van der Waals surface area contributed by atoms with Crippen LogP contribution in [0.2, 0.25) is 0 Å². The highest BCUT2D eigenvalue weighted by atomic mass is 32.1. The highest BCUT2D eigenvalue weighted by Crippen LogP contribution is 2.28. The lowest BCUT2D eigenvalue weighted by Crippen LogP contribution is -2.07. The molecule has 27 heavy (non-hydrogen) atoms. The second kappa shape index (κ2) is 8.59. The van der Waals surface area contributed by atoms with Gasteiger partial charge in [-0.2, -0.15) is 15.3 Å². The van der Waals surface area contributed by atoms with Crippen LogP contribution in [0.15, 0.2) is 69.0 Å². The average Bonchev–Trinajstić information content (AvgIpc) is 3.10. The molecule has 3 aromatic rings. The molecule has 0 saturated carbocycles. The molecule has 3 rings (SSSR count). The number of rotatable bonds is 6. The van der Waals surface area contributed by atoms with Gasteiger partial charge in [-0.15, -0.1) is 5.11 Å². The number of para-hydroxylation sites is 1. The number of hydrogen-bond donors (Lipinski definition) is 0. The molecule has 1 heterocycles. The minimum Gasteiger partial charge on any atom is -0.465 e. The van der Waals surface area contributed by atoms with E-state index in [-0.39, 0.29) is 11.9 Å². The molecule has 0 bridgehead atoms. The summed E-state index contributed by atoms with van der Waals surface area (Å²) in [5.41, 5.74) is 2.00. The fraction of sp³-hybridized carbons (Fsp3) is 0.263. The van der Waals surface area contributed by atoms with E-state index in [1.54, 1.807) is 24.3 Å². The number of aromatic nitrogens is 1. The molecule has 7 nitrogen and oxygen atoms in total. The van der Waals surface area contributed by atoms with Gasteiger partial charge in [0.2, 0.25) is 5.13 Å². The van der Waals surface area contributed by atoms with Crippen molar-refractivity contribution in [2.75, 3.05) is 7.11 Å². The fourth-order valence-corrected chi connectivity index (χ4v) is 3.00. The van der Waals surface area contributed by atoms with Crippen molar-refractivity contribution in [2.24, 2.45) is 26.4 Å². The van der Waals surface area contributed by atoms with Crippen molar-refractivity contribution in [2.45, 2.75) is 20.0 Å². The van der Waals surface area contributed by atoms with Crippen LogP contribution in [0.5, 0.6) is 0 Å². The topological polar surface area (TPSA) is 88.6 Å². The van der Waals surface area contributed by atoms with Crippen LogP contribution < -0.4 is 0 Å². The third-order valence-corrected chi connectivity index (χ3v) is 4.64. The molecule has 0 N–H and O–H groups in total. The Balaban J connectivity index is 1.73. The summed E-state index contributed by atoms with van der Waals surface area (Å²) < 4.78 is 5.75. The van der Waals surface area contributed by atoms with Crippen LogP contribution in [0.4, 0.5) is 10.8 Å². The summed E-state index contributed by atoms with van der Waals surface area (Å²) in [7, 11) is 1.35. The van der Waals surface area contributed by atoms with E-state index in [1.807, 2.05) is 38.1 Å². The number of methoxy groups -OCH3 is 1. The van der Waals surface area contributed by atoms with Gasteiger partial charge in [-0.05, 0) is 42.3 Å². The monoisotopic (exact) mass is 381 g/mol. The SMILES string of the molecule is COC(=O)c1ccc(N=NC(N=Nc2nc3ccccc3s2)C(C)C)cc1. The number of thiazole rings is 1. The van der Waals surface area contributed by atoms with Gasteiger partial charge in [0.05, 0.1) is 28.6 Å². The molecule has 0 aliphatic carbocycles. The molecule has 1 atom stereocenters. The van der Waals surface area contributed by atoms with Crippen molar-refractivity contribution in [3.8, 4) is 0 Å². The van der Waals surface area contributed by atoms with Gasteiger partial charge in [0.15, 0.2) is 6.17 Å². The zero-order chi connectivity index (χ0) is 19.2. The number of azo groups is 2. The number of nitrogens with zero attached hydrogens (tertiary/aromatic N) is 5. The van der Waals surface area contributed by atoms with Gasteiger partial charge in [-0.3, -0.25) is 0 Å². The van der Waals surface area contributed by atoms with Crippen LogP contribution in [0.25, 0.3) is 10.2 Å². The lowest BCUT2D eigenvalue weighted by molar-refractivity contribution is 0.0601. The molecule has 2 aromatic carbocycles. The Morgan fingerprint density at radius 1 is 1.04 bits per heavy atom. The van der Waals surface area contributed by atoms with Crippen molar-refractivity contribution in [1.29, 1.82) is 0 Å². The van der Waals surface area contributed by atoms with Gasteiger partial charge in [-0.1, -0.05) is 37.3 Å². The minimum atomic E-state index is -0.419. The standard InChI is InChI=1S/C19H19N5O2S/c1-12(2)17(22-21-14-10-8-13(9-11-14)18(25)26-3)23-24-19-20-15-6-4-5-7-16(15)27-19/h4-12,17H,1-3H3. The molecule has 0 aliphatic rings. The van der Waals surface area contributed by atoms with Gasteiger partial charge >= 0.3 is 5.97 Å². The second-order valence-corrected chi connectivity index (χ2v) is 7.10. The number of esters is 1. The van der Waals surface area contributed by atoms with Crippen LogP contribution in [-0.4, -0.2) is 24.2 Å². The summed E-state index contributed by atoms with van der Waals surface area (Å²) in [4.78, 5) is 15.9. The van der Waals surface area contributed by atoms with Gasteiger partial charge < -0.3 is 4.74 Å². The largest absolute Gasteiger partial charge is 0.465 e. The first kappa shape index (κ1) is 18.8. The third-order valence-electron chi connectivity index (χ3n) is 3.72. The van der Waals surface area contributed by atoms with Crippen LogP contribution in [0.3, 0.4) is 0 Å². The predicted octanol–water partition coefficient (Wildman–Crippen LogP) is 5.93. The Morgan fingerprint density at radius 2 is 1.74 bits per heavy atom. The molecule has 0 radical (unpaired) electrons. The molecule has 1 unspecified atom stereocenters. The highest BCUT2D eigenvalue weighted by molar-refractivity contribution is 7.21. The summed E-state index contributed by atoms with van der Waals surface area (Å²) in [6.45, 7) is 4.00. The van der Waals surface area contributed by atoms with E-state index < -0.39 is 6.17 Å². The van der Waals surface area contributed by atoms with Crippen molar-refractivity contribution in [3.63, 3.8) is 0 Å². The number of benzene rings is 2. The second-order valence-electron chi connectivity index (χ2n) is 6.09. The molecule has 0 aliphatic heterocycles. The van der Waals surface area contributed by atoms with Gasteiger partial charge in [0.25, 0.3) is 0 Å². The Kier molecular flexibility index (Phi) is 5.97. The average molecular weight is 381 g/mol. The molecule has 0 saturated heterocycles. The first-order chi connectivity index (χ1) is 13.1. The minimum absolute atomic E-state index is 0.126. The van der Waals surface area contributed by atoms with Crippen LogP contribution in [0.1, 0.15) is 24.2 Å². The predicted molar refractivity (Wildman–Crippen MR) is 105 cm³/mol.